The van der Waals surface area contributed by atoms with Gasteiger partial charge >= 0.3 is 0 Å². The quantitative estimate of drug-likeness (QED) is 0.805. The average Bonchev–Trinajstić information content (AvgIpc) is 2.57. The number of nitrogens with zero attached hydrogens (tertiary/aromatic N) is 2. The van der Waals surface area contributed by atoms with Crippen molar-refractivity contribution in [3.05, 3.63) is 5.89 Å². The van der Waals surface area contributed by atoms with Gasteiger partial charge in [0.2, 0.25) is 5.89 Å². The van der Waals surface area contributed by atoms with E-state index in [4.69, 9.17) is 4.42 Å². The minimum atomic E-state index is 0.181. The van der Waals surface area contributed by atoms with E-state index in [9.17, 15) is 0 Å². The fourth-order valence-corrected chi connectivity index (χ4v) is 1.91. The number of aryl methyl sites for hydroxylation is 1. The smallest absolute Gasteiger partial charge is 0.276 e. The molecule has 0 saturated heterocycles. The summed E-state index contributed by atoms with van der Waals surface area (Å²) in [7, 11) is 0. The zero-order valence-corrected chi connectivity index (χ0v) is 11.5. The molecule has 0 aliphatic carbocycles. The van der Waals surface area contributed by atoms with Gasteiger partial charge in [0, 0.05) is 18.2 Å². The molecule has 5 heteroatoms. The van der Waals surface area contributed by atoms with Gasteiger partial charge in [-0.25, -0.2) is 0 Å². The van der Waals surface area contributed by atoms with E-state index >= 15 is 0 Å². The third-order valence-corrected chi connectivity index (χ3v) is 3.13. The van der Waals surface area contributed by atoms with Crippen LogP contribution in [0.5, 0.6) is 0 Å². The lowest BCUT2D eigenvalue weighted by Crippen LogP contribution is -2.39. The molecule has 0 radical (unpaired) electrons. The highest BCUT2D eigenvalue weighted by atomic mass is 32.2. The van der Waals surface area contributed by atoms with Crippen molar-refractivity contribution < 1.29 is 4.42 Å². The molecule has 16 heavy (non-hydrogen) atoms. The van der Waals surface area contributed by atoms with Gasteiger partial charge in [0.15, 0.2) is 0 Å². The van der Waals surface area contributed by atoms with Crippen LogP contribution in [0.4, 0.5) is 0 Å². The Morgan fingerprint density at radius 3 is 2.56 bits per heavy atom. The molecule has 0 bridgehead atoms. The van der Waals surface area contributed by atoms with Gasteiger partial charge in [-0.3, -0.25) is 0 Å². The summed E-state index contributed by atoms with van der Waals surface area (Å²) in [5.74, 6) is 2.20. The van der Waals surface area contributed by atoms with Crippen LogP contribution in [0, 0.1) is 12.8 Å². The van der Waals surface area contributed by atoms with Crippen LogP contribution in [0.1, 0.15) is 33.6 Å². The Morgan fingerprint density at radius 1 is 1.38 bits per heavy atom. The summed E-state index contributed by atoms with van der Waals surface area (Å²) in [4.78, 5) is 0. The second-order valence-corrected chi connectivity index (χ2v) is 6.11. The Balaban J connectivity index is 2.22. The van der Waals surface area contributed by atoms with E-state index in [0.717, 1.165) is 12.3 Å². The summed E-state index contributed by atoms with van der Waals surface area (Å²) >= 11 is 1.62. The third kappa shape index (κ3) is 5.51. The molecule has 92 valence electrons. The minimum Gasteiger partial charge on any atom is -0.416 e. The van der Waals surface area contributed by atoms with E-state index in [1.807, 2.05) is 6.92 Å². The molecule has 1 aromatic rings. The van der Waals surface area contributed by atoms with Gasteiger partial charge in [0.25, 0.3) is 5.22 Å². The summed E-state index contributed by atoms with van der Waals surface area (Å²) in [6, 6.07) is 0. The molecule has 4 nitrogen and oxygen atoms in total. The summed E-state index contributed by atoms with van der Waals surface area (Å²) in [5, 5.41) is 11.9. The number of rotatable bonds is 5. The van der Waals surface area contributed by atoms with Crippen molar-refractivity contribution in [3.63, 3.8) is 0 Å². The number of hydrogen-bond donors (Lipinski definition) is 1. The first-order valence-electron chi connectivity index (χ1n) is 5.55. The largest absolute Gasteiger partial charge is 0.416 e. The Morgan fingerprint density at radius 2 is 2.06 bits per heavy atom. The molecule has 1 rings (SSSR count). The topological polar surface area (TPSA) is 51.0 Å². The summed E-state index contributed by atoms with van der Waals surface area (Å²) in [6.45, 7) is 11.6. The van der Waals surface area contributed by atoms with Crippen LogP contribution in [0.3, 0.4) is 0 Å². The maximum absolute atomic E-state index is 5.30. The van der Waals surface area contributed by atoms with Crippen molar-refractivity contribution in [2.24, 2.45) is 5.92 Å². The maximum Gasteiger partial charge on any atom is 0.276 e. The Hall–Kier alpha value is -0.550. The van der Waals surface area contributed by atoms with Crippen LogP contribution >= 0.6 is 11.8 Å². The Kier molecular flexibility index (Phi) is 4.80. The Labute approximate surface area is 102 Å². The van der Waals surface area contributed by atoms with Gasteiger partial charge < -0.3 is 9.73 Å². The second-order valence-electron chi connectivity index (χ2n) is 5.13. The van der Waals surface area contributed by atoms with Crippen LogP contribution in [-0.4, -0.2) is 28.0 Å². The molecule has 1 unspecified atom stereocenters. The van der Waals surface area contributed by atoms with E-state index in [2.05, 4.69) is 43.2 Å². The number of thioether (sulfide) groups is 1. The van der Waals surface area contributed by atoms with Crippen molar-refractivity contribution in [2.75, 3.05) is 12.3 Å². The number of aromatic nitrogens is 2. The predicted molar refractivity (Wildman–Crippen MR) is 66.7 cm³/mol. The van der Waals surface area contributed by atoms with Gasteiger partial charge in [-0.1, -0.05) is 18.7 Å². The van der Waals surface area contributed by atoms with Crippen molar-refractivity contribution in [2.45, 2.75) is 45.4 Å². The van der Waals surface area contributed by atoms with Gasteiger partial charge in [0.1, 0.15) is 0 Å². The lowest BCUT2D eigenvalue weighted by atomic mass is 10.1. The molecule has 0 fully saturated rings. The highest BCUT2D eigenvalue weighted by molar-refractivity contribution is 7.99. The van der Waals surface area contributed by atoms with Gasteiger partial charge in [-0.15, -0.1) is 10.2 Å². The van der Waals surface area contributed by atoms with Crippen LogP contribution in [0.15, 0.2) is 9.64 Å². The van der Waals surface area contributed by atoms with E-state index in [1.54, 1.807) is 11.8 Å². The van der Waals surface area contributed by atoms with Crippen LogP contribution in [0.2, 0.25) is 0 Å². The average molecular weight is 243 g/mol. The van der Waals surface area contributed by atoms with Crippen LogP contribution in [0.25, 0.3) is 0 Å². The fraction of sp³-hybridized carbons (Fsp3) is 0.818. The first-order chi connectivity index (χ1) is 7.37. The molecule has 1 N–H and O–H groups in total. The molecule has 0 aromatic carbocycles. The molecular formula is C11H21N3OS. The summed E-state index contributed by atoms with van der Waals surface area (Å²) < 4.78 is 5.30. The highest BCUT2D eigenvalue weighted by Crippen LogP contribution is 2.18. The molecule has 0 spiro atoms. The molecule has 1 aromatic heterocycles. The van der Waals surface area contributed by atoms with Gasteiger partial charge in [0.05, 0.1) is 0 Å². The Bertz CT molecular complexity index is 319. The fourth-order valence-electron chi connectivity index (χ4n) is 1.09. The van der Waals surface area contributed by atoms with Crippen LogP contribution < -0.4 is 5.32 Å². The molecule has 0 aliphatic heterocycles. The number of nitrogens with one attached hydrogen (secondary N) is 1. The van der Waals surface area contributed by atoms with Crippen molar-refractivity contribution in [3.8, 4) is 0 Å². The van der Waals surface area contributed by atoms with Crippen molar-refractivity contribution in [1.29, 1.82) is 0 Å². The van der Waals surface area contributed by atoms with Crippen LogP contribution in [-0.2, 0) is 0 Å². The lowest BCUT2D eigenvalue weighted by Gasteiger charge is -2.23. The number of hydrogen-bond acceptors (Lipinski definition) is 5. The zero-order valence-electron chi connectivity index (χ0n) is 10.7. The summed E-state index contributed by atoms with van der Waals surface area (Å²) in [6.07, 6.45) is 0. The first-order valence-corrected chi connectivity index (χ1v) is 6.53. The monoisotopic (exact) mass is 243 g/mol. The first kappa shape index (κ1) is 13.5. The predicted octanol–water partition coefficient (Wildman–Crippen LogP) is 2.49. The molecule has 0 amide bonds. The molecule has 0 saturated carbocycles. The summed E-state index contributed by atoms with van der Waals surface area (Å²) in [5.41, 5.74) is 0.181. The van der Waals surface area contributed by atoms with Crippen molar-refractivity contribution in [1.82, 2.24) is 15.5 Å². The molecule has 1 heterocycles. The van der Waals surface area contributed by atoms with E-state index in [1.165, 1.54) is 0 Å². The lowest BCUT2D eigenvalue weighted by molar-refractivity contribution is 0.394. The minimum absolute atomic E-state index is 0.181. The normalized spacial score (nSPS) is 14.1. The molecular weight excluding hydrogens is 222 g/mol. The molecule has 0 aliphatic rings. The van der Waals surface area contributed by atoms with E-state index in [0.29, 0.717) is 17.0 Å². The SMILES string of the molecule is Cc1nnc(SCC(C)CNC(C)(C)C)o1. The van der Waals surface area contributed by atoms with Gasteiger partial charge in [-0.2, -0.15) is 0 Å². The second kappa shape index (κ2) is 5.68. The van der Waals surface area contributed by atoms with Gasteiger partial charge in [-0.05, 0) is 33.2 Å². The highest BCUT2D eigenvalue weighted by Gasteiger charge is 2.12. The zero-order chi connectivity index (χ0) is 12.2. The van der Waals surface area contributed by atoms with E-state index in [-0.39, 0.29) is 5.54 Å². The standard InChI is InChI=1S/C11H21N3OS/c1-8(6-12-11(3,4)5)7-16-10-14-13-9(2)15-10/h8,12H,6-7H2,1-5H3. The van der Waals surface area contributed by atoms with E-state index < -0.39 is 0 Å². The van der Waals surface area contributed by atoms with Crippen molar-refractivity contribution >= 4 is 11.8 Å². The molecule has 1 atom stereocenters. The maximum atomic E-state index is 5.30. The third-order valence-electron chi connectivity index (χ3n) is 1.98.